The number of nitrogens with one attached hydrogen (secondary N) is 3. The second-order valence-electron chi connectivity index (χ2n) is 5.64. The van der Waals surface area contributed by atoms with E-state index < -0.39 is 11.5 Å². The zero-order chi connectivity index (χ0) is 16.5. The fourth-order valence-corrected chi connectivity index (χ4v) is 2.78. The lowest BCUT2D eigenvalue weighted by Crippen LogP contribution is -2.31. The van der Waals surface area contributed by atoms with Gasteiger partial charge in [-0.1, -0.05) is 12.1 Å². The molecule has 0 spiro atoms. The van der Waals surface area contributed by atoms with Gasteiger partial charge in [-0.05, 0) is 18.2 Å². The van der Waals surface area contributed by atoms with Crippen LogP contribution in [0.25, 0.3) is 11.0 Å². The quantitative estimate of drug-likeness (QED) is 0.636. The Hall–Kier alpha value is -3.00. The van der Waals surface area contributed by atoms with Crippen molar-refractivity contribution in [3.8, 4) is 0 Å². The van der Waals surface area contributed by atoms with Crippen molar-refractivity contribution in [2.24, 2.45) is 0 Å². The average molecular weight is 324 g/mol. The summed E-state index contributed by atoms with van der Waals surface area (Å²) in [5.41, 5.74) is 2.39. The van der Waals surface area contributed by atoms with Gasteiger partial charge >= 0.3 is 0 Å². The van der Waals surface area contributed by atoms with Crippen LogP contribution in [-0.4, -0.2) is 32.2 Å². The van der Waals surface area contributed by atoms with E-state index in [9.17, 15) is 9.59 Å². The van der Waals surface area contributed by atoms with Gasteiger partial charge in [0.2, 0.25) is 0 Å². The van der Waals surface area contributed by atoms with Crippen LogP contribution in [0, 0.1) is 0 Å². The standard InChI is InChI=1S/C16H16N6O2/c23-15(14-16(24)20-13-4-2-1-3-12(13)19-14)18-8-10-7-11-9-17-5-6-22(11)21-10/h1-4,7,17H,5-6,8-9H2,(H,18,23)(H,20,24). The van der Waals surface area contributed by atoms with Crippen molar-refractivity contribution >= 4 is 16.9 Å². The first-order valence-corrected chi connectivity index (χ1v) is 7.74. The molecule has 0 saturated heterocycles. The second-order valence-corrected chi connectivity index (χ2v) is 5.64. The Kier molecular flexibility index (Phi) is 3.58. The number of para-hydroxylation sites is 2. The first-order valence-electron chi connectivity index (χ1n) is 7.74. The summed E-state index contributed by atoms with van der Waals surface area (Å²) in [6, 6.07) is 9.05. The lowest BCUT2D eigenvalue weighted by molar-refractivity contribution is 0.0944. The highest BCUT2D eigenvalue weighted by Gasteiger charge is 2.16. The van der Waals surface area contributed by atoms with Crippen LogP contribution in [0.15, 0.2) is 35.1 Å². The van der Waals surface area contributed by atoms with Gasteiger partial charge in [0.1, 0.15) is 0 Å². The van der Waals surface area contributed by atoms with E-state index in [1.807, 2.05) is 10.7 Å². The van der Waals surface area contributed by atoms with E-state index in [0.717, 1.165) is 31.0 Å². The lowest BCUT2D eigenvalue weighted by atomic mass is 10.3. The van der Waals surface area contributed by atoms with Gasteiger partial charge in [-0.15, -0.1) is 0 Å². The van der Waals surface area contributed by atoms with Gasteiger partial charge in [0.15, 0.2) is 5.69 Å². The lowest BCUT2D eigenvalue weighted by Gasteiger charge is -2.13. The highest BCUT2D eigenvalue weighted by Crippen LogP contribution is 2.08. The molecule has 8 nitrogen and oxygen atoms in total. The summed E-state index contributed by atoms with van der Waals surface area (Å²) in [5.74, 6) is -0.508. The summed E-state index contributed by atoms with van der Waals surface area (Å²) in [6.45, 7) is 2.73. The fraction of sp³-hybridized carbons (Fsp3) is 0.250. The minimum absolute atomic E-state index is 0.140. The highest BCUT2D eigenvalue weighted by molar-refractivity contribution is 5.93. The number of carbonyl (C=O) groups excluding carboxylic acids is 1. The molecule has 1 aliphatic heterocycles. The number of carbonyl (C=O) groups is 1. The van der Waals surface area contributed by atoms with Crippen LogP contribution in [0.4, 0.5) is 0 Å². The van der Waals surface area contributed by atoms with E-state index in [1.165, 1.54) is 0 Å². The van der Waals surface area contributed by atoms with Crippen molar-refractivity contribution in [2.45, 2.75) is 19.6 Å². The summed E-state index contributed by atoms with van der Waals surface area (Å²) >= 11 is 0. The topological polar surface area (TPSA) is 105 Å². The third-order valence-electron chi connectivity index (χ3n) is 3.97. The number of amides is 1. The normalized spacial score (nSPS) is 13.7. The Morgan fingerprint density at radius 3 is 3.08 bits per heavy atom. The molecule has 1 aliphatic rings. The molecule has 3 aromatic rings. The minimum Gasteiger partial charge on any atom is -0.345 e. The Bertz CT molecular complexity index is 951. The zero-order valence-electron chi connectivity index (χ0n) is 12.9. The van der Waals surface area contributed by atoms with Gasteiger partial charge in [-0.25, -0.2) is 4.98 Å². The molecule has 122 valence electrons. The van der Waals surface area contributed by atoms with Crippen molar-refractivity contribution in [1.82, 2.24) is 30.4 Å². The number of aromatic nitrogens is 4. The van der Waals surface area contributed by atoms with Crippen LogP contribution in [0.2, 0.25) is 0 Å². The molecule has 2 aromatic heterocycles. The second kappa shape index (κ2) is 5.89. The molecule has 0 atom stereocenters. The third-order valence-corrected chi connectivity index (χ3v) is 3.97. The summed E-state index contributed by atoms with van der Waals surface area (Å²) in [6.07, 6.45) is 0. The van der Waals surface area contributed by atoms with Gasteiger partial charge in [0.25, 0.3) is 11.5 Å². The van der Waals surface area contributed by atoms with Crippen molar-refractivity contribution in [3.63, 3.8) is 0 Å². The summed E-state index contributed by atoms with van der Waals surface area (Å²) in [7, 11) is 0. The predicted octanol–water partition coefficient (Wildman–Crippen LogP) is 0.153. The molecule has 0 fully saturated rings. The SMILES string of the molecule is O=C(NCc1cc2n(n1)CCNC2)c1nc2ccccc2[nH]c1=O. The largest absolute Gasteiger partial charge is 0.345 e. The Morgan fingerprint density at radius 1 is 1.33 bits per heavy atom. The van der Waals surface area contributed by atoms with Crippen molar-refractivity contribution in [2.75, 3.05) is 6.54 Å². The summed E-state index contributed by atoms with van der Waals surface area (Å²) in [5, 5.41) is 10.4. The smallest absolute Gasteiger partial charge is 0.280 e. The van der Waals surface area contributed by atoms with Crippen molar-refractivity contribution < 1.29 is 4.79 Å². The molecule has 1 aromatic carbocycles. The molecule has 24 heavy (non-hydrogen) atoms. The van der Waals surface area contributed by atoms with Crippen LogP contribution in [0.1, 0.15) is 21.9 Å². The van der Waals surface area contributed by atoms with Crippen LogP contribution in [-0.2, 0) is 19.6 Å². The molecule has 0 radical (unpaired) electrons. The van der Waals surface area contributed by atoms with Gasteiger partial charge in [-0.3, -0.25) is 14.3 Å². The number of nitrogens with zero attached hydrogens (tertiary/aromatic N) is 3. The molecule has 0 saturated carbocycles. The van der Waals surface area contributed by atoms with E-state index in [-0.39, 0.29) is 12.2 Å². The summed E-state index contributed by atoms with van der Waals surface area (Å²) < 4.78 is 1.93. The van der Waals surface area contributed by atoms with E-state index in [1.54, 1.807) is 24.3 Å². The third kappa shape index (κ3) is 2.67. The molecule has 0 bridgehead atoms. The van der Waals surface area contributed by atoms with E-state index >= 15 is 0 Å². The monoisotopic (exact) mass is 324 g/mol. The van der Waals surface area contributed by atoms with Gasteiger partial charge in [0, 0.05) is 13.1 Å². The Morgan fingerprint density at radius 2 is 2.21 bits per heavy atom. The maximum atomic E-state index is 12.3. The van der Waals surface area contributed by atoms with Gasteiger partial charge in [0.05, 0.1) is 35.5 Å². The van der Waals surface area contributed by atoms with Gasteiger partial charge in [-0.2, -0.15) is 5.10 Å². The number of aromatic amines is 1. The van der Waals surface area contributed by atoms with Crippen LogP contribution in [0.3, 0.4) is 0 Å². The average Bonchev–Trinajstić information content (AvgIpc) is 3.02. The minimum atomic E-state index is -0.508. The Balaban J connectivity index is 1.53. The summed E-state index contributed by atoms with van der Waals surface area (Å²) in [4.78, 5) is 31.2. The van der Waals surface area contributed by atoms with E-state index in [0.29, 0.717) is 11.0 Å². The molecule has 0 unspecified atom stereocenters. The number of hydrogen-bond acceptors (Lipinski definition) is 5. The number of hydrogen-bond donors (Lipinski definition) is 3. The molecular weight excluding hydrogens is 308 g/mol. The number of rotatable bonds is 3. The van der Waals surface area contributed by atoms with Crippen LogP contribution in [0.5, 0.6) is 0 Å². The van der Waals surface area contributed by atoms with E-state index in [2.05, 4.69) is 25.7 Å². The van der Waals surface area contributed by atoms with Crippen molar-refractivity contribution in [3.05, 3.63) is 57.8 Å². The predicted molar refractivity (Wildman–Crippen MR) is 87.5 cm³/mol. The Labute approximate surface area is 136 Å². The molecule has 3 N–H and O–H groups in total. The van der Waals surface area contributed by atoms with Gasteiger partial charge < -0.3 is 15.6 Å². The number of benzene rings is 1. The first kappa shape index (κ1) is 14.6. The van der Waals surface area contributed by atoms with Crippen LogP contribution >= 0.6 is 0 Å². The fourth-order valence-electron chi connectivity index (χ4n) is 2.78. The molecule has 4 rings (SSSR count). The molecule has 8 heteroatoms. The van der Waals surface area contributed by atoms with Crippen molar-refractivity contribution in [1.29, 1.82) is 0 Å². The molecule has 1 amide bonds. The molecular formula is C16H16N6O2. The first-order chi connectivity index (χ1) is 11.7. The highest BCUT2D eigenvalue weighted by atomic mass is 16.2. The zero-order valence-corrected chi connectivity index (χ0v) is 12.9. The number of H-pyrrole nitrogens is 1. The molecule has 3 heterocycles. The maximum Gasteiger partial charge on any atom is 0.280 e. The van der Waals surface area contributed by atoms with E-state index in [4.69, 9.17) is 0 Å². The number of fused-ring (bicyclic) bond motifs is 2. The van der Waals surface area contributed by atoms with Crippen LogP contribution < -0.4 is 16.2 Å². The molecule has 0 aliphatic carbocycles. The maximum absolute atomic E-state index is 12.3.